The normalized spacial score (nSPS) is 15.6. The monoisotopic (exact) mass is 280 g/mol. The van der Waals surface area contributed by atoms with E-state index in [1.807, 2.05) is 0 Å². The van der Waals surface area contributed by atoms with E-state index < -0.39 is 0 Å². The third-order valence-corrected chi connectivity index (χ3v) is 3.23. The molecule has 6 heteroatoms. The van der Waals surface area contributed by atoms with Gasteiger partial charge in [0.2, 0.25) is 5.95 Å². The molecule has 2 aromatic heterocycles. The van der Waals surface area contributed by atoms with Crippen molar-refractivity contribution in [3.63, 3.8) is 0 Å². The fourth-order valence-corrected chi connectivity index (χ4v) is 2.21. The van der Waals surface area contributed by atoms with E-state index in [-0.39, 0.29) is 17.5 Å². The van der Waals surface area contributed by atoms with E-state index in [4.69, 9.17) is 5.73 Å². The van der Waals surface area contributed by atoms with E-state index >= 15 is 0 Å². The van der Waals surface area contributed by atoms with Gasteiger partial charge in [-0.05, 0) is 34.8 Å². The summed E-state index contributed by atoms with van der Waals surface area (Å²) in [5.74, 6) is 0.198. The molecule has 2 heterocycles. The van der Waals surface area contributed by atoms with Crippen molar-refractivity contribution in [2.75, 3.05) is 5.73 Å². The number of hydrogen-bond donors (Lipinski definition) is 1. The van der Waals surface area contributed by atoms with Gasteiger partial charge < -0.3 is 5.73 Å². The number of nitrogens with zero attached hydrogens (tertiary/aromatic N) is 3. The molecule has 0 bridgehead atoms. The Morgan fingerprint density at radius 1 is 1.50 bits per heavy atom. The first kappa shape index (κ1) is 9.77. The molecule has 0 radical (unpaired) electrons. The van der Waals surface area contributed by atoms with Gasteiger partial charge in [-0.3, -0.25) is 9.36 Å². The lowest BCUT2D eigenvalue weighted by molar-refractivity contribution is 0.726. The summed E-state index contributed by atoms with van der Waals surface area (Å²) in [6, 6.07) is 2.00. The summed E-state index contributed by atoms with van der Waals surface area (Å²) >= 11 is 3.26. The van der Waals surface area contributed by atoms with Crippen molar-refractivity contribution in [2.45, 2.75) is 18.9 Å². The lowest BCUT2D eigenvalue weighted by Gasteiger charge is -2.08. The van der Waals surface area contributed by atoms with Crippen LogP contribution in [0.2, 0.25) is 0 Å². The molecule has 2 N–H and O–H groups in total. The van der Waals surface area contributed by atoms with Gasteiger partial charge >= 0.3 is 0 Å². The molecule has 0 aromatic carbocycles. The zero-order valence-corrected chi connectivity index (χ0v) is 9.94. The Kier molecular flexibility index (Phi) is 2.00. The van der Waals surface area contributed by atoms with Crippen LogP contribution in [0.25, 0.3) is 11.0 Å². The number of hydrogen-bond acceptors (Lipinski definition) is 4. The van der Waals surface area contributed by atoms with Crippen molar-refractivity contribution in [3.05, 3.63) is 27.1 Å². The average molecular weight is 281 g/mol. The van der Waals surface area contributed by atoms with Crippen LogP contribution in [0.5, 0.6) is 0 Å². The first-order valence-corrected chi connectivity index (χ1v) is 5.79. The van der Waals surface area contributed by atoms with E-state index in [1.54, 1.807) is 16.8 Å². The maximum atomic E-state index is 12.0. The standard InChI is InChI=1S/C10H9BrN4O/c11-7-3-5-4-13-10(12)14-8(5)15(9(7)16)6-1-2-6/h3-4,6H,1-2H2,(H2,12,13,14). The van der Waals surface area contributed by atoms with Gasteiger partial charge in [0, 0.05) is 17.6 Å². The SMILES string of the molecule is Nc1ncc2cc(Br)c(=O)n(C3CC3)c2n1. The first-order valence-electron chi connectivity index (χ1n) is 5.00. The minimum absolute atomic E-state index is 0.0481. The summed E-state index contributed by atoms with van der Waals surface area (Å²) in [7, 11) is 0. The molecular formula is C10H9BrN4O. The van der Waals surface area contributed by atoms with Gasteiger partial charge in [0.1, 0.15) is 5.65 Å². The third kappa shape index (κ3) is 1.41. The molecule has 2 aromatic rings. The summed E-state index contributed by atoms with van der Waals surface area (Å²) < 4.78 is 2.25. The highest BCUT2D eigenvalue weighted by atomic mass is 79.9. The number of anilines is 1. The van der Waals surface area contributed by atoms with Gasteiger partial charge in [0.05, 0.1) is 4.47 Å². The van der Waals surface area contributed by atoms with Crippen LogP contribution in [0, 0.1) is 0 Å². The van der Waals surface area contributed by atoms with Crippen LogP contribution in [0.4, 0.5) is 5.95 Å². The number of halogens is 1. The fraction of sp³-hybridized carbons (Fsp3) is 0.300. The topological polar surface area (TPSA) is 73.8 Å². The smallest absolute Gasteiger partial charge is 0.266 e. The zero-order chi connectivity index (χ0) is 11.3. The lowest BCUT2D eigenvalue weighted by Crippen LogP contribution is -2.21. The maximum absolute atomic E-state index is 12.0. The predicted octanol–water partition coefficient (Wildman–Crippen LogP) is 1.47. The minimum Gasteiger partial charge on any atom is -0.368 e. The van der Waals surface area contributed by atoms with Crippen LogP contribution < -0.4 is 11.3 Å². The number of pyridine rings is 1. The Balaban J connectivity index is 2.45. The van der Waals surface area contributed by atoms with Gasteiger partial charge in [-0.1, -0.05) is 0 Å². The van der Waals surface area contributed by atoms with Gasteiger partial charge in [-0.25, -0.2) is 4.98 Å². The van der Waals surface area contributed by atoms with Gasteiger partial charge in [0.15, 0.2) is 0 Å². The lowest BCUT2D eigenvalue weighted by atomic mass is 10.3. The second-order valence-corrected chi connectivity index (χ2v) is 4.76. The molecule has 1 aliphatic rings. The van der Waals surface area contributed by atoms with Crippen molar-refractivity contribution >= 4 is 32.9 Å². The molecule has 0 aliphatic heterocycles. The Morgan fingerprint density at radius 2 is 2.25 bits per heavy atom. The summed E-state index contributed by atoms with van der Waals surface area (Å²) in [5, 5.41) is 0.826. The molecule has 0 amide bonds. The zero-order valence-electron chi connectivity index (χ0n) is 8.35. The van der Waals surface area contributed by atoms with E-state index in [2.05, 4.69) is 25.9 Å². The molecule has 0 atom stereocenters. The van der Waals surface area contributed by atoms with E-state index in [9.17, 15) is 4.79 Å². The highest BCUT2D eigenvalue weighted by Crippen LogP contribution is 2.35. The molecule has 5 nitrogen and oxygen atoms in total. The predicted molar refractivity (Wildman–Crippen MR) is 64.2 cm³/mol. The Bertz CT molecular complexity index is 632. The number of nitrogens with two attached hydrogens (primary N) is 1. The first-order chi connectivity index (χ1) is 7.66. The number of nitrogen functional groups attached to an aromatic ring is 1. The van der Waals surface area contributed by atoms with Crippen LogP contribution >= 0.6 is 15.9 Å². The van der Waals surface area contributed by atoms with Crippen molar-refractivity contribution in [3.8, 4) is 0 Å². The Labute approximate surface area is 99.4 Å². The second-order valence-electron chi connectivity index (χ2n) is 3.91. The van der Waals surface area contributed by atoms with Crippen molar-refractivity contribution < 1.29 is 0 Å². The Hall–Kier alpha value is -1.43. The van der Waals surface area contributed by atoms with E-state index in [0.717, 1.165) is 18.2 Å². The Morgan fingerprint density at radius 3 is 2.94 bits per heavy atom. The van der Waals surface area contributed by atoms with Crippen LogP contribution in [-0.2, 0) is 0 Å². The molecule has 0 unspecified atom stereocenters. The van der Waals surface area contributed by atoms with Crippen LogP contribution in [0.15, 0.2) is 21.5 Å². The third-order valence-electron chi connectivity index (χ3n) is 2.66. The highest BCUT2D eigenvalue weighted by molar-refractivity contribution is 9.10. The summed E-state index contributed by atoms with van der Waals surface area (Å²) in [6.45, 7) is 0. The number of aromatic nitrogens is 3. The highest BCUT2D eigenvalue weighted by Gasteiger charge is 2.27. The van der Waals surface area contributed by atoms with Crippen LogP contribution in [0.1, 0.15) is 18.9 Å². The number of rotatable bonds is 1. The molecule has 1 saturated carbocycles. The quantitative estimate of drug-likeness (QED) is 0.859. The van der Waals surface area contributed by atoms with E-state index in [1.165, 1.54) is 0 Å². The summed E-state index contributed by atoms with van der Waals surface area (Å²) in [6.07, 6.45) is 3.69. The second kappa shape index (κ2) is 3.28. The molecule has 16 heavy (non-hydrogen) atoms. The molecule has 0 spiro atoms. The van der Waals surface area contributed by atoms with Gasteiger partial charge in [-0.2, -0.15) is 4.98 Å². The van der Waals surface area contributed by atoms with Crippen molar-refractivity contribution in [1.82, 2.24) is 14.5 Å². The molecule has 1 aliphatic carbocycles. The van der Waals surface area contributed by atoms with Crippen molar-refractivity contribution in [1.29, 1.82) is 0 Å². The van der Waals surface area contributed by atoms with Gasteiger partial charge in [0.25, 0.3) is 5.56 Å². The van der Waals surface area contributed by atoms with Crippen molar-refractivity contribution in [2.24, 2.45) is 0 Å². The molecule has 1 fully saturated rings. The maximum Gasteiger partial charge on any atom is 0.266 e. The van der Waals surface area contributed by atoms with Crippen LogP contribution in [-0.4, -0.2) is 14.5 Å². The molecular weight excluding hydrogens is 272 g/mol. The fourth-order valence-electron chi connectivity index (χ4n) is 1.77. The minimum atomic E-state index is -0.0481. The van der Waals surface area contributed by atoms with E-state index in [0.29, 0.717) is 10.1 Å². The molecule has 3 rings (SSSR count). The average Bonchev–Trinajstić information content (AvgIpc) is 3.05. The summed E-state index contributed by atoms with van der Waals surface area (Å²) in [5.41, 5.74) is 6.13. The van der Waals surface area contributed by atoms with Gasteiger partial charge in [-0.15, -0.1) is 0 Å². The summed E-state index contributed by atoms with van der Waals surface area (Å²) in [4.78, 5) is 20.1. The largest absolute Gasteiger partial charge is 0.368 e. The van der Waals surface area contributed by atoms with Crippen LogP contribution in [0.3, 0.4) is 0 Å². The molecule has 0 saturated heterocycles. The number of fused-ring (bicyclic) bond motifs is 1. The molecule has 82 valence electrons.